The Hall–Kier alpha value is -2.43. The van der Waals surface area contributed by atoms with Crippen LogP contribution in [0, 0.1) is 5.92 Å². The Morgan fingerprint density at radius 2 is 1.84 bits per heavy atom. The molecule has 25 heavy (non-hydrogen) atoms. The predicted molar refractivity (Wildman–Crippen MR) is 95.8 cm³/mol. The average Bonchev–Trinajstić information content (AvgIpc) is 2.94. The van der Waals surface area contributed by atoms with Gasteiger partial charge in [-0.25, -0.2) is 4.90 Å². The molecule has 5 nitrogen and oxygen atoms in total. The summed E-state index contributed by atoms with van der Waals surface area (Å²) in [6, 6.07) is 8.16. The minimum Gasteiger partial charge on any atom is -0.326 e. The summed E-state index contributed by atoms with van der Waals surface area (Å²) in [6.45, 7) is 4.01. The molecule has 132 valence electrons. The molecule has 0 bridgehead atoms. The zero-order chi connectivity index (χ0) is 17.8. The van der Waals surface area contributed by atoms with E-state index in [9.17, 15) is 14.4 Å². The van der Waals surface area contributed by atoms with Crippen molar-refractivity contribution in [1.29, 1.82) is 0 Å². The zero-order valence-corrected chi connectivity index (χ0v) is 14.4. The molecule has 1 heterocycles. The maximum absolute atomic E-state index is 13.0. The van der Waals surface area contributed by atoms with E-state index in [2.05, 4.69) is 6.58 Å². The lowest BCUT2D eigenvalue weighted by atomic mass is 9.88. The molecule has 2 aliphatic rings. The number of hydrogen-bond donors (Lipinski definition) is 0. The normalized spacial score (nSPS) is 21.4. The van der Waals surface area contributed by atoms with Crippen LogP contribution in [0.1, 0.15) is 38.5 Å². The highest BCUT2D eigenvalue weighted by Gasteiger charge is 2.45. The first-order valence-electron chi connectivity index (χ1n) is 8.96. The Bertz CT molecular complexity index is 665. The molecule has 1 atom stereocenters. The first-order valence-corrected chi connectivity index (χ1v) is 8.96. The predicted octanol–water partition coefficient (Wildman–Crippen LogP) is 2.91. The van der Waals surface area contributed by atoms with E-state index < -0.39 is 6.04 Å². The standard InChI is InChI=1S/C20H24N2O3/c1-2-13-21(19(24)15-9-5-3-6-10-15)17-14-18(23)22(20(17)25)16-11-7-4-8-12-16/h2,4,7-8,11-12,15,17H,1,3,5-6,9-10,13-14H2. The van der Waals surface area contributed by atoms with E-state index in [4.69, 9.17) is 0 Å². The average molecular weight is 340 g/mol. The number of para-hydroxylation sites is 1. The Morgan fingerprint density at radius 1 is 1.16 bits per heavy atom. The second-order valence-electron chi connectivity index (χ2n) is 6.74. The molecular formula is C20H24N2O3. The fourth-order valence-corrected chi connectivity index (χ4v) is 3.80. The van der Waals surface area contributed by atoms with Gasteiger partial charge in [0.25, 0.3) is 5.91 Å². The van der Waals surface area contributed by atoms with Crippen LogP contribution in [0.3, 0.4) is 0 Å². The van der Waals surface area contributed by atoms with Gasteiger partial charge < -0.3 is 4.90 Å². The van der Waals surface area contributed by atoms with Crippen molar-refractivity contribution in [2.75, 3.05) is 11.4 Å². The van der Waals surface area contributed by atoms with Crippen LogP contribution in [0.25, 0.3) is 0 Å². The van der Waals surface area contributed by atoms with Crippen molar-refractivity contribution in [3.8, 4) is 0 Å². The van der Waals surface area contributed by atoms with Gasteiger partial charge >= 0.3 is 0 Å². The minimum atomic E-state index is -0.722. The number of anilines is 1. The number of imide groups is 1. The highest BCUT2D eigenvalue weighted by Crippen LogP contribution is 2.30. The number of carbonyl (C=O) groups is 3. The zero-order valence-electron chi connectivity index (χ0n) is 14.4. The van der Waals surface area contributed by atoms with Crippen LogP contribution in [0.15, 0.2) is 43.0 Å². The summed E-state index contributed by atoms with van der Waals surface area (Å²) in [5.74, 6) is -0.628. The Kier molecular flexibility index (Phi) is 5.31. The highest BCUT2D eigenvalue weighted by molar-refractivity contribution is 6.23. The number of rotatable bonds is 5. The molecule has 3 amide bonds. The van der Waals surface area contributed by atoms with Gasteiger partial charge in [0.2, 0.25) is 11.8 Å². The van der Waals surface area contributed by atoms with E-state index in [1.165, 1.54) is 4.90 Å². The Balaban J connectivity index is 1.82. The van der Waals surface area contributed by atoms with Crippen LogP contribution in [-0.4, -0.2) is 35.2 Å². The number of amides is 3. The third-order valence-corrected chi connectivity index (χ3v) is 5.08. The lowest BCUT2D eigenvalue weighted by Gasteiger charge is -2.31. The number of carbonyl (C=O) groups excluding carboxylic acids is 3. The van der Waals surface area contributed by atoms with Gasteiger partial charge in [0, 0.05) is 12.5 Å². The summed E-state index contributed by atoms with van der Waals surface area (Å²) in [4.78, 5) is 41.1. The van der Waals surface area contributed by atoms with Gasteiger partial charge in [0.15, 0.2) is 0 Å². The molecule has 1 saturated heterocycles. The molecule has 1 aliphatic heterocycles. The lowest BCUT2D eigenvalue weighted by molar-refractivity contribution is -0.142. The smallest absolute Gasteiger partial charge is 0.257 e. The van der Waals surface area contributed by atoms with Gasteiger partial charge in [-0.05, 0) is 25.0 Å². The molecule has 1 aromatic carbocycles. The SMILES string of the molecule is C=CCN(C(=O)C1CCCCC1)C1CC(=O)N(c2ccccc2)C1=O. The molecule has 1 saturated carbocycles. The van der Waals surface area contributed by atoms with Gasteiger partial charge in [-0.1, -0.05) is 43.5 Å². The van der Waals surface area contributed by atoms with Gasteiger partial charge in [0.1, 0.15) is 6.04 Å². The first-order chi connectivity index (χ1) is 12.1. The van der Waals surface area contributed by atoms with Crippen LogP contribution in [0.4, 0.5) is 5.69 Å². The van der Waals surface area contributed by atoms with Crippen LogP contribution < -0.4 is 4.90 Å². The summed E-state index contributed by atoms with van der Waals surface area (Å²) in [5, 5.41) is 0. The third-order valence-electron chi connectivity index (χ3n) is 5.08. The third kappa shape index (κ3) is 3.50. The molecule has 0 radical (unpaired) electrons. The van der Waals surface area contributed by atoms with Gasteiger partial charge in [0.05, 0.1) is 12.1 Å². The molecule has 2 fully saturated rings. The maximum atomic E-state index is 13.0. The largest absolute Gasteiger partial charge is 0.326 e. The minimum absolute atomic E-state index is 0.0133. The van der Waals surface area contributed by atoms with Crippen molar-refractivity contribution in [3.63, 3.8) is 0 Å². The van der Waals surface area contributed by atoms with E-state index in [1.54, 1.807) is 35.2 Å². The van der Waals surface area contributed by atoms with Gasteiger partial charge in [-0.2, -0.15) is 0 Å². The maximum Gasteiger partial charge on any atom is 0.257 e. The molecular weight excluding hydrogens is 316 g/mol. The number of nitrogens with zero attached hydrogens (tertiary/aromatic N) is 2. The van der Waals surface area contributed by atoms with Crippen LogP contribution in [0.2, 0.25) is 0 Å². The van der Waals surface area contributed by atoms with Gasteiger partial charge in [-0.15, -0.1) is 6.58 Å². The number of benzene rings is 1. The Morgan fingerprint density at radius 3 is 2.48 bits per heavy atom. The Labute approximate surface area is 148 Å². The molecule has 0 spiro atoms. The van der Waals surface area contributed by atoms with Crippen molar-refractivity contribution < 1.29 is 14.4 Å². The summed E-state index contributed by atoms with van der Waals surface area (Å²) >= 11 is 0. The van der Waals surface area contributed by atoms with E-state index >= 15 is 0 Å². The molecule has 5 heteroatoms. The fraction of sp³-hybridized carbons (Fsp3) is 0.450. The quantitative estimate of drug-likeness (QED) is 0.612. The topological polar surface area (TPSA) is 57.7 Å². The second-order valence-corrected chi connectivity index (χ2v) is 6.74. The van der Waals surface area contributed by atoms with Crippen molar-refractivity contribution >= 4 is 23.4 Å². The molecule has 1 unspecified atom stereocenters. The monoisotopic (exact) mass is 340 g/mol. The van der Waals surface area contributed by atoms with Gasteiger partial charge in [-0.3, -0.25) is 14.4 Å². The van der Waals surface area contributed by atoms with Crippen molar-refractivity contribution in [3.05, 3.63) is 43.0 Å². The highest BCUT2D eigenvalue weighted by atomic mass is 16.2. The lowest BCUT2D eigenvalue weighted by Crippen LogP contribution is -2.48. The molecule has 1 aromatic rings. The first kappa shape index (κ1) is 17.4. The van der Waals surface area contributed by atoms with E-state index in [-0.39, 0.29) is 30.1 Å². The molecule has 0 aromatic heterocycles. The van der Waals surface area contributed by atoms with Crippen molar-refractivity contribution in [1.82, 2.24) is 4.90 Å². The second kappa shape index (κ2) is 7.64. The number of hydrogen-bond acceptors (Lipinski definition) is 3. The van der Waals surface area contributed by atoms with E-state index in [1.807, 2.05) is 6.07 Å². The van der Waals surface area contributed by atoms with Crippen LogP contribution in [0.5, 0.6) is 0 Å². The fourth-order valence-electron chi connectivity index (χ4n) is 3.80. The summed E-state index contributed by atoms with van der Waals surface area (Å²) in [7, 11) is 0. The molecule has 3 rings (SSSR count). The van der Waals surface area contributed by atoms with Crippen molar-refractivity contribution in [2.45, 2.75) is 44.6 Å². The summed E-state index contributed by atoms with van der Waals surface area (Å²) in [6.07, 6.45) is 6.66. The molecule has 0 N–H and O–H groups in total. The molecule has 1 aliphatic carbocycles. The van der Waals surface area contributed by atoms with E-state index in [0.717, 1.165) is 32.1 Å². The van der Waals surface area contributed by atoms with Crippen LogP contribution in [-0.2, 0) is 14.4 Å². The summed E-state index contributed by atoms with van der Waals surface area (Å²) in [5.41, 5.74) is 0.559. The van der Waals surface area contributed by atoms with E-state index in [0.29, 0.717) is 12.2 Å². The van der Waals surface area contributed by atoms with Crippen LogP contribution >= 0.6 is 0 Å². The summed E-state index contributed by atoms with van der Waals surface area (Å²) < 4.78 is 0. The van der Waals surface area contributed by atoms with Crippen molar-refractivity contribution in [2.24, 2.45) is 5.92 Å².